The third-order valence-electron chi connectivity index (χ3n) is 3.24. The second kappa shape index (κ2) is 8.53. The van der Waals surface area contributed by atoms with E-state index in [-0.39, 0.29) is 17.6 Å². The number of carbonyl (C=O) groups excluding carboxylic acids is 2. The van der Waals surface area contributed by atoms with Gasteiger partial charge in [0.15, 0.2) is 5.76 Å². The summed E-state index contributed by atoms with van der Waals surface area (Å²) in [5, 5.41) is 5.52. The van der Waals surface area contributed by atoms with Gasteiger partial charge in [-0.3, -0.25) is 9.59 Å². The van der Waals surface area contributed by atoms with Crippen molar-refractivity contribution in [3.8, 4) is 0 Å². The predicted octanol–water partition coefficient (Wildman–Crippen LogP) is 2.95. The average Bonchev–Trinajstić information content (AvgIpc) is 2.58. The zero-order valence-corrected chi connectivity index (χ0v) is 13.7. The summed E-state index contributed by atoms with van der Waals surface area (Å²) < 4.78 is 5.17. The molecule has 0 saturated carbocycles. The Labute approximate surface area is 141 Å². The number of hydrogen-bond acceptors (Lipinski definition) is 3. The molecular weight excluding hydrogens is 304 g/mol. The Morgan fingerprint density at radius 1 is 1.08 bits per heavy atom. The summed E-state index contributed by atoms with van der Waals surface area (Å²) >= 11 is 0. The highest BCUT2D eigenvalue weighted by Gasteiger charge is 2.09. The number of methoxy groups -OCH3 is 1. The maximum absolute atomic E-state index is 12.2. The van der Waals surface area contributed by atoms with Crippen LogP contribution in [0.25, 0.3) is 6.08 Å². The molecule has 0 aromatic heterocycles. The number of hydrogen-bond donors (Lipinski definition) is 2. The smallest absolute Gasteiger partial charge is 0.286 e. The van der Waals surface area contributed by atoms with Crippen LogP contribution in [0.4, 0.5) is 5.69 Å². The van der Waals surface area contributed by atoms with Crippen LogP contribution in [0, 0.1) is 0 Å². The number of benzene rings is 2. The predicted molar refractivity (Wildman–Crippen MR) is 94.0 cm³/mol. The summed E-state index contributed by atoms with van der Waals surface area (Å²) in [7, 11) is 1.46. The number of nitrogens with one attached hydrogen (secondary N) is 2. The van der Waals surface area contributed by atoms with Gasteiger partial charge < -0.3 is 15.4 Å². The van der Waals surface area contributed by atoms with Crippen molar-refractivity contribution < 1.29 is 14.3 Å². The monoisotopic (exact) mass is 324 g/mol. The van der Waals surface area contributed by atoms with Crippen molar-refractivity contribution in [2.75, 3.05) is 12.4 Å². The Bertz CT molecular complexity index is 739. The summed E-state index contributed by atoms with van der Waals surface area (Å²) in [5.41, 5.74) is 2.46. The lowest BCUT2D eigenvalue weighted by molar-refractivity contribution is -0.120. The fourth-order valence-corrected chi connectivity index (χ4v) is 2.15. The van der Waals surface area contributed by atoms with E-state index in [1.54, 1.807) is 12.1 Å². The normalized spacial score (nSPS) is 10.8. The molecule has 5 heteroatoms. The number of anilines is 1. The Kier molecular flexibility index (Phi) is 6.14. The highest BCUT2D eigenvalue weighted by molar-refractivity contribution is 5.95. The van der Waals surface area contributed by atoms with E-state index in [1.807, 2.05) is 48.5 Å². The molecule has 0 heterocycles. The molecule has 0 saturated heterocycles. The SMILES string of the molecule is CO/C(=C\c1ccccc1)C(=O)NCc1cccc(NC(C)=O)c1. The van der Waals surface area contributed by atoms with E-state index in [2.05, 4.69) is 10.6 Å². The van der Waals surface area contributed by atoms with Crippen molar-refractivity contribution in [2.45, 2.75) is 13.5 Å². The quantitative estimate of drug-likeness (QED) is 0.634. The molecule has 0 aliphatic heterocycles. The van der Waals surface area contributed by atoms with Crippen molar-refractivity contribution in [1.29, 1.82) is 0 Å². The van der Waals surface area contributed by atoms with E-state index in [0.717, 1.165) is 11.1 Å². The van der Waals surface area contributed by atoms with E-state index >= 15 is 0 Å². The van der Waals surface area contributed by atoms with E-state index in [4.69, 9.17) is 4.74 Å². The first kappa shape index (κ1) is 17.3. The molecule has 0 aliphatic rings. The van der Waals surface area contributed by atoms with Gasteiger partial charge in [0.05, 0.1) is 7.11 Å². The lowest BCUT2D eigenvalue weighted by atomic mass is 10.2. The molecule has 0 radical (unpaired) electrons. The van der Waals surface area contributed by atoms with Gasteiger partial charge in [-0.25, -0.2) is 0 Å². The fourth-order valence-electron chi connectivity index (χ4n) is 2.15. The maximum atomic E-state index is 12.2. The van der Waals surface area contributed by atoms with Crippen molar-refractivity contribution in [3.05, 3.63) is 71.5 Å². The molecule has 2 aromatic rings. The number of carbonyl (C=O) groups is 2. The van der Waals surface area contributed by atoms with Gasteiger partial charge >= 0.3 is 0 Å². The first-order valence-corrected chi connectivity index (χ1v) is 7.54. The number of ether oxygens (including phenoxy) is 1. The second-order valence-corrected chi connectivity index (χ2v) is 5.19. The van der Waals surface area contributed by atoms with E-state index < -0.39 is 0 Å². The van der Waals surface area contributed by atoms with Crippen LogP contribution in [0.1, 0.15) is 18.1 Å². The molecule has 124 valence electrons. The van der Waals surface area contributed by atoms with Crippen LogP contribution in [-0.4, -0.2) is 18.9 Å². The summed E-state index contributed by atoms with van der Waals surface area (Å²) in [4.78, 5) is 23.3. The fraction of sp³-hybridized carbons (Fsp3) is 0.158. The van der Waals surface area contributed by atoms with Crippen LogP contribution in [0.2, 0.25) is 0 Å². The molecular formula is C19H20N2O3. The molecule has 0 aliphatic carbocycles. The molecule has 24 heavy (non-hydrogen) atoms. The molecule has 2 rings (SSSR count). The Morgan fingerprint density at radius 3 is 2.50 bits per heavy atom. The lowest BCUT2D eigenvalue weighted by Crippen LogP contribution is -2.25. The maximum Gasteiger partial charge on any atom is 0.286 e. The topological polar surface area (TPSA) is 67.4 Å². The Balaban J connectivity index is 2.01. The van der Waals surface area contributed by atoms with Gasteiger partial charge in [0, 0.05) is 19.2 Å². The lowest BCUT2D eigenvalue weighted by Gasteiger charge is -2.09. The largest absolute Gasteiger partial charge is 0.491 e. The standard InChI is InChI=1S/C19H20N2O3/c1-14(22)21-17-10-6-9-16(11-17)13-20-19(23)18(24-2)12-15-7-4-3-5-8-15/h3-12H,13H2,1-2H3,(H,20,23)(H,21,22)/b18-12-. The summed E-state index contributed by atoms with van der Waals surface area (Å²) in [6.07, 6.45) is 1.68. The Hall–Kier alpha value is -3.08. The number of rotatable bonds is 6. The highest BCUT2D eigenvalue weighted by Crippen LogP contribution is 2.11. The van der Waals surface area contributed by atoms with Gasteiger partial charge in [-0.1, -0.05) is 42.5 Å². The van der Waals surface area contributed by atoms with Gasteiger partial charge in [0.1, 0.15) is 0 Å². The van der Waals surface area contributed by atoms with Gasteiger partial charge in [0.2, 0.25) is 5.91 Å². The molecule has 5 nitrogen and oxygen atoms in total. The molecule has 2 amide bonds. The van der Waals surface area contributed by atoms with Gasteiger partial charge in [-0.2, -0.15) is 0 Å². The molecule has 2 N–H and O–H groups in total. The second-order valence-electron chi connectivity index (χ2n) is 5.19. The van der Waals surface area contributed by atoms with Crippen LogP contribution < -0.4 is 10.6 Å². The van der Waals surface area contributed by atoms with Crippen molar-refractivity contribution >= 4 is 23.6 Å². The van der Waals surface area contributed by atoms with Crippen LogP contribution >= 0.6 is 0 Å². The minimum Gasteiger partial charge on any atom is -0.491 e. The van der Waals surface area contributed by atoms with Gasteiger partial charge in [-0.15, -0.1) is 0 Å². The average molecular weight is 324 g/mol. The molecule has 0 spiro atoms. The summed E-state index contributed by atoms with van der Waals surface area (Å²) in [6, 6.07) is 16.8. The van der Waals surface area contributed by atoms with Crippen molar-refractivity contribution in [1.82, 2.24) is 5.32 Å². The van der Waals surface area contributed by atoms with Crippen molar-refractivity contribution in [2.24, 2.45) is 0 Å². The molecule has 2 aromatic carbocycles. The van der Waals surface area contributed by atoms with Gasteiger partial charge in [-0.05, 0) is 29.3 Å². The molecule has 0 atom stereocenters. The van der Waals surface area contributed by atoms with E-state index in [0.29, 0.717) is 12.2 Å². The van der Waals surface area contributed by atoms with Crippen LogP contribution in [0.15, 0.2) is 60.4 Å². The summed E-state index contributed by atoms with van der Waals surface area (Å²) in [6.45, 7) is 1.79. The third-order valence-corrected chi connectivity index (χ3v) is 3.24. The molecule has 0 unspecified atom stereocenters. The van der Waals surface area contributed by atoms with Gasteiger partial charge in [0.25, 0.3) is 5.91 Å². The first-order chi connectivity index (χ1) is 11.6. The third kappa shape index (κ3) is 5.28. The van der Waals surface area contributed by atoms with E-state index in [9.17, 15) is 9.59 Å². The minimum atomic E-state index is -0.300. The first-order valence-electron chi connectivity index (χ1n) is 7.54. The zero-order chi connectivity index (χ0) is 17.4. The van der Waals surface area contributed by atoms with E-state index in [1.165, 1.54) is 14.0 Å². The van der Waals surface area contributed by atoms with Crippen molar-refractivity contribution in [3.63, 3.8) is 0 Å². The molecule has 0 bridgehead atoms. The minimum absolute atomic E-state index is 0.136. The van der Waals surface area contributed by atoms with Crippen LogP contribution in [0.5, 0.6) is 0 Å². The van der Waals surface area contributed by atoms with Crippen LogP contribution in [0.3, 0.4) is 0 Å². The highest BCUT2D eigenvalue weighted by atomic mass is 16.5. The Morgan fingerprint density at radius 2 is 1.83 bits per heavy atom. The number of amides is 2. The zero-order valence-electron chi connectivity index (χ0n) is 13.7. The summed E-state index contributed by atoms with van der Waals surface area (Å²) in [5.74, 6) is -0.200. The van der Waals surface area contributed by atoms with Crippen LogP contribution in [-0.2, 0) is 20.9 Å². The molecule has 0 fully saturated rings.